The van der Waals surface area contributed by atoms with Crippen LogP contribution in [0.3, 0.4) is 0 Å². The molecule has 0 bridgehead atoms. The summed E-state index contributed by atoms with van der Waals surface area (Å²) in [4.78, 5) is 0. The van der Waals surface area contributed by atoms with Gasteiger partial charge in [-0.05, 0) is 0 Å². The molecule has 5 heteroatoms. The molecule has 0 aliphatic rings. The van der Waals surface area contributed by atoms with Gasteiger partial charge in [-0.1, -0.05) is 19.4 Å². The summed E-state index contributed by atoms with van der Waals surface area (Å²) >= 11 is 0. The van der Waals surface area contributed by atoms with Gasteiger partial charge in [-0.25, -0.2) is 0 Å². The van der Waals surface area contributed by atoms with Crippen LogP contribution in [-0.4, -0.2) is 41.1 Å². The van der Waals surface area contributed by atoms with Crippen LogP contribution in [-0.2, 0) is 13.3 Å². The second kappa shape index (κ2) is 12.9. The zero-order chi connectivity index (χ0) is 9.11. The van der Waals surface area contributed by atoms with Crippen LogP contribution in [0, 0.1) is 0 Å². The molecular formula is C6H20O3Si2. The van der Waals surface area contributed by atoms with Gasteiger partial charge in [-0.2, -0.15) is 0 Å². The standard InChI is InChI=1S/C3H10O3Si.C3H10Si/c1-4-7(5-2)6-3;1-2-3-4/h7H,1-3H3;2-3H2,1,4H3. The fourth-order valence-corrected chi connectivity index (χ4v) is 0.866. The molecule has 3 nitrogen and oxygen atoms in total. The van der Waals surface area contributed by atoms with Gasteiger partial charge in [0.05, 0.1) is 0 Å². The normalized spacial score (nSPS) is 9.55. The van der Waals surface area contributed by atoms with Crippen LogP contribution in [0.25, 0.3) is 0 Å². The van der Waals surface area contributed by atoms with Gasteiger partial charge in [-0.15, -0.1) is 0 Å². The van der Waals surface area contributed by atoms with Crippen molar-refractivity contribution in [1.82, 2.24) is 0 Å². The summed E-state index contributed by atoms with van der Waals surface area (Å²) in [6.45, 7) is 2.22. The molecule has 0 radical (unpaired) electrons. The average Bonchev–Trinajstić information content (AvgIpc) is 2.08. The van der Waals surface area contributed by atoms with Gasteiger partial charge in [0.15, 0.2) is 0 Å². The van der Waals surface area contributed by atoms with Crippen molar-refractivity contribution in [3.8, 4) is 0 Å². The zero-order valence-electron chi connectivity index (χ0n) is 8.22. The Balaban J connectivity index is 0. The molecule has 0 heterocycles. The Labute approximate surface area is 74.4 Å². The minimum Gasteiger partial charge on any atom is -0.379 e. The van der Waals surface area contributed by atoms with Crippen LogP contribution in [0.1, 0.15) is 13.3 Å². The highest BCUT2D eigenvalue weighted by Crippen LogP contribution is 1.81. The molecule has 0 aliphatic heterocycles. The predicted octanol–water partition coefficient (Wildman–Crippen LogP) is -0.177. The van der Waals surface area contributed by atoms with Crippen molar-refractivity contribution >= 4 is 19.8 Å². The molecule has 0 saturated carbocycles. The molecule has 0 aromatic rings. The summed E-state index contributed by atoms with van der Waals surface area (Å²) in [5.74, 6) is 0. The molecule has 0 saturated heterocycles. The molecule has 0 aromatic heterocycles. The fourth-order valence-electron chi connectivity index (χ4n) is 0.289. The van der Waals surface area contributed by atoms with E-state index in [4.69, 9.17) is 13.3 Å². The van der Waals surface area contributed by atoms with E-state index < -0.39 is 9.53 Å². The van der Waals surface area contributed by atoms with E-state index in [-0.39, 0.29) is 0 Å². The topological polar surface area (TPSA) is 27.7 Å². The van der Waals surface area contributed by atoms with Crippen molar-refractivity contribution in [2.75, 3.05) is 21.3 Å². The Morgan fingerprint density at radius 1 is 1.09 bits per heavy atom. The molecule has 70 valence electrons. The van der Waals surface area contributed by atoms with Gasteiger partial charge >= 0.3 is 9.53 Å². The van der Waals surface area contributed by atoms with Crippen molar-refractivity contribution in [3.63, 3.8) is 0 Å². The lowest BCUT2D eigenvalue weighted by molar-refractivity contribution is 0.163. The summed E-state index contributed by atoms with van der Waals surface area (Å²) in [7, 11) is 4.44. The van der Waals surface area contributed by atoms with Crippen molar-refractivity contribution < 1.29 is 13.3 Å². The molecule has 0 atom stereocenters. The van der Waals surface area contributed by atoms with Crippen molar-refractivity contribution in [2.45, 2.75) is 19.4 Å². The number of rotatable bonds is 4. The van der Waals surface area contributed by atoms with E-state index in [0.717, 1.165) is 0 Å². The van der Waals surface area contributed by atoms with E-state index in [1.165, 1.54) is 22.7 Å². The Hall–Kier alpha value is 0.314. The first kappa shape index (κ1) is 13.9. The minimum atomic E-state index is -1.67. The quantitative estimate of drug-likeness (QED) is 0.584. The molecule has 0 amide bonds. The van der Waals surface area contributed by atoms with Gasteiger partial charge in [0.2, 0.25) is 0 Å². The van der Waals surface area contributed by atoms with E-state index in [1.807, 2.05) is 0 Å². The van der Waals surface area contributed by atoms with E-state index >= 15 is 0 Å². The van der Waals surface area contributed by atoms with Crippen LogP contribution >= 0.6 is 0 Å². The lowest BCUT2D eigenvalue weighted by Gasteiger charge is -2.05. The number of hydrogen-bond acceptors (Lipinski definition) is 3. The molecule has 0 fully saturated rings. The van der Waals surface area contributed by atoms with Crippen molar-refractivity contribution in [1.29, 1.82) is 0 Å². The highest BCUT2D eigenvalue weighted by Gasteiger charge is 2.04. The van der Waals surface area contributed by atoms with Gasteiger partial charge in [-0.3, -0.25) is 0 Å². The monoisotopic (exact) mass is 196 g/mol. The van der Waals surface area contributed by atoms with Crippen LogP contribution < -0.4 is 0 Å². The highest BCUT2D eigenvalue weighted by molar-refractivity contribution is 6.36. The Morgan fingerprint density at radius 3 is 1.36 bits per heavy atom. The molecule has 0 rings (SSSR count). The molecule has 0 aromatic carbocycles. The summed E-state index contributed by atoms with van der Waals surface area (Å²) in [6.07, 6.45) is 1.38. The van der Waals surface area contributed by atoms with Crippen LogP contribution in [0.4, 0.5) is 0 Å². The second-order valence-electron chi connectivity index (χ2n) is 2.00. The number of hydrogen-bond donors (Lipinski definition) is 0. The Morgan fingerprint density at radius 2 is 1.36 bits per heavy atom. The first-order valence-corrected chi connectivity index (χ1v) is 6.67. The Kier molecular flexibility index (Phi) is 16.3. The van der Waals surface area contributed by atoms with E-state index in [1.54, 1.807) is 21.3 Å². The van der Waals surface area contributed by atoms with Gasteiger partial charge in [0.1, 0.15) is 0 Å². The van der Waals surface area contributed by atoms with Gasteiger partial charge < -0.3 is 13.3 Å². The highest BCUT2D eigenvalue weighted by atomic mass is 28.3. The third-order valence-corrected chi connectivity index (χ3v) is 3.23. The smallest absolute Gasteiger partial charge is 0.379 e. The third kappa shape index (κ3) is 13.3. The van der Waals surface area contributed by atoms with E-state index in [2.05, 4.69) is 6.92 Å². The minimum absolute atomic E-state index is 1.38. The zero-order valence-corrected chi connectivity index (χ0v) is 11.4. The summed E-state index contributed by atoms with van der Waals surface area (Å²) in [6, 6.07) is 1.46. The van der Waals surface area contributed by atoms with Crippen LogP contribution in [0.5, 0.6) is 0 Å². The maximum Gasteiger partial charge on any atom is 0.483 e. The average molecular weight is 196 g/mol. The summed E-state index contributed by atoms with van der Waals surface area (Å²) < 4.78 is 14.2. The maximum atomic E-state index is 4.74. The van der Waals surface area contributed by atoms with Crippen LogP contribution in [0.2, 0.25) is 6.04 Å². The summed E-state index contributed by atoms with van der Waals surface area (Å²) in [5, 5.41) is 0. The molecule has 0 N–H and O–H groups in total. The lowest BCUT2D eigenvalue weighted by Crippen LogP contribution is -2.21. The fraction of sp³-hybridized carbons (Fsp3) is 1.00. The molecular weight excluding hydrogens is 176 g/mol. The SMILES string of the molecule is CCC[SiH3].CO[SiH](OC)OC. The van der Waals surface area contributed by atoms with E-state index in [9.17, 15) is 0 Å². The Bertz CT molecular complexity index is 52.3. The third-order valence-electron chi connectivity index (χ3n) is 1.08. The largest absolute Gasteiger partial charge is 0.483 e. The van der Waals surface area contributed by atoms with Crippen molar-refractivity contribution in [3.05, 3.63) is 0 Å². The lowest BCUT2D eigenvalue weighted by atomic mass is 10.6. The van der Waals surface area contributed by atoms with Crippen molar-refractivity contribution in [2.24, 2.45) is 0 Å². The predicted molar refractivity (Wildman–Crippen MR) is 53.2 cm³/mol. The van der Waals surface area contributed by atoms with Gasteiger partial charge in [0.25, 0.3) is 0 Å². The van der Waals surface area contributed by atoms with Crippen LogP contribution in [0.15, 0.2) is 0 Å². The summed E-state index contributed by atoms with van der Waals surface area (Å²) in [5.41, 5.74) is 0. The first-order chi connectivity index (χ1) is 5.26. The first-order valence-electron chi connectivity index (χ1n) is 3.85. The molecule has 11 heavy (non-hydrogen) atoms. The van der Waals surface area contributed by atoms with Gasteiger partial charge in [0, 0.05) is 31.6 Å². The molecule has 0 aliphatic carbocycles. The second-order valence-corrected chi connectivity index (χ2v) is 4.99. The molecule has 0 spiro atoms. The maximum absolute atomic E-state index is 4.74. The van der Waals surface area contributed by atoms with E-state index in [0.29, 0.717) is 0 Å². The molecule has 0 unspecified atom stereocenters.